The van der Waals surface area contributed by atoms with E-state index in [1.54, 1.807) is 12.5 Å². The van der Waals surface area contributed by atoms with Crippen molar-refractivity contribution in [3.8, 4) is 17.2 Å². The van der Waals surface area contributed by atoms with Crippen LogP contribution in [0.15, 0.2) is 102 Å². The largest absolute Gasteiger partial charge is 0.497 e. The molecular formula is C43H40N2O6. The monoisotopic (exact) mass is 680 g/mol. The first kappa shape index (κ1) is 32.2. The maximum atomic E-state index is 9.79. The minimum absolute atomic E-state index is 0.00641. The molecule has 8 nitrogen and oxygen atoms in total. The van der Waals surface area contributed by atoms with Gasteiger partial charge in [-0.15, -0.1) is 0 Å². The van der Waals surface area contributed by atoms with E-state index in [0.717, 1.165) is 41.5 Å². The molecule has 3 aliphatic heterocycles. The highest BCUT2D eigenvalue weighted by molar-refractivity contribution is 5.66. The Morgan fingerprint density at radius 1 is 0.843 bits per heavy atom. The molecule has 4 aromatic rings. The van der Waals surface area contributed by atoms with Gasteiger partial charge in [-0.1, -0.05) is 72.3 Å². The number of furan rings is 1. The minimum Gasteiger partial charge on any atom is -0.497 e. The van der Waals surface area contributed by atoms with Gasteiger partial charge in [0, 0.05) is 42.4 Å². The highest BCUT2D eigenvalue weighted by Gasteiger charge is 2.67. The van der Waals surface area contributed by atoms with Gasteiger partial charge in [0.25, 0.3) is 5.54 Å². The molecule has 10 rings (SSSR count). The minimum atomic E-state index is -0.767. The fourth-order valence-corrected chi connectivity index (χ4v) is 9.49. The van der Waals surface area contributed by atoms with Crippen LogP contribution < -0.4 is 0 Å². The molecule has 3 aliphatic carbocycles. The molecule has 1 spiro atoms. The van der Waals surface area contributed by atoms with Crippen LogP contribution in [0.2, 0.25) is 0 Å². The van der Waals surface area contributed by atoms with Gasteiger partial charge in [-0.2, -0.15) is 5.26 Å². The van der Waals surface area contributed by atoms with Crippen LogP contribution in [0.4, 0.5) is 0 Å². The zero-order valence-electron chi connectivity index (χ0n) is 28.7. The van der Waals surface area contributed by atoms with Crippen molar-refractivity contribution in [3.05, 3.63) is 142 Å². The Balaban J connectivity index is 0.000000139. The first-order valence-electron chi connectivity index (χ1n) is 18.0. The number of fused-ring (bicyclic) bond motifs is 4. The average Bonchev–Trinajstić information content (AvgIpc) is 4.00. The molecule has 3 aromatic carbocycles. The SMILES string of the molecule is Cc1ccc2c(c1)CC2(C#N)CCC1(c2ccoc2)OCCO1.[C-]#[N+]C12CCC3(OCCO3)C3=COC(Cc4cc(-c5ccccc5)ccc41)C32. The summed E-state index contributed by atoms with van der Waals surface area (Å²) in [6, 6.07) is 27.8. The zero-order chi connectivity index (χ0) is 34.7. The van der Waals surface area contributed by atoms with E-state index in [1.165, 1.54) is 27.8 Å². The predicted molar refractivity (Wildman–Crippen MR) is 188 cm³/mol. The molecule has 4 atom stereocenters. The summed E-state index contributed by atoms with van der Waals surface area (Å²) in [5.41, 5.74) is 9.40. The Kier molecular flexibility index (Phi) is 7.72. The van der Waals surface area contributed by atoms with E-state index in [4.69, 9.17) is 34.7 Å². The van der Waals surface area contributed by atoms with Crippen LogP contribution in [0.25, 0.3) is 16.0 Å². The van der Waals surface area contributed by atoms with Crippen molar-refractivity contribution >= 4 is 0 Å². The van der Waals surface area contributed by atoms with Gasteiger partial charge in [0.1, 0.15) is 12.0 Å². The van der Waals surface area contributed by atoms with Crippen molar-refractivity contribution in [1.82, 2.24) is 0 Å². The van der Waals surface area contributed by atoms with Crippen LogP contribution >= 0.6 is 0 Å². The summed E-state index contributed by atoms with van der Waals surface area (Å²) in [5, 5.41) is 9.79. The van der Waals surface area contributed by atoms with Crippen LogP contribution in [-0.2, 0) is 53.3 Å². The highest BCUT2D eigenvalue weighted by atomic mass is 16.7. The topological polar surface area (TPSA) is 87.4 Å². The molecule has 4 unspecified atom stereocenters. The number of hydrogen-bond acceptors (Lipinski definition) is 7. The van der Waals surface area contributed by atoms with E-state index in [9.17, 15) is 5.26 Å². The summed E-state index contributed by atoms with van der Waals surface area (Å²) < 4.78 is 35.2. The molecule has 8 heteroatoms. The highest BCUT2D eigenvalue weighted by Crippen LogP contribution is 2.60. The van der Waals surface area contributed by atoms with Gasteiger partial charge < -0.3 is 32.9 Å². The molecule has 6 aliphatic rings. The molecule has 0 N–H and O–H groups in total. The van der Waals surface area contributed by atoms with E-state index < -0.39 is 22.5 Å². The van der Waals surface area contributed by atoms with Crippen molar-refractivity contribution < 1.29 is 28.1 Å². The van der Waals surface area contributed by atoms with Crippen LogP contribution in [0.3, 0.4) is 0 Å². The molecule has 0 radical (unpaired) electrons. The lowest BCUT2D eigenvalue weighted by Crippen LogP contribution is -2.53. The molecule has 2 saturated heterocycles. The number of nitrogens with zero attached hydrogens (tertiary/aromatic N) is 2. The summed E-state index contributed by atoms with van der Waals surface area (Å²) in [5.74, 6) is -1.43. The first-order chi connectivity index (χ1) is 24.9. The van der Waals surface area contributed by atoms with E-state index in [-0.39, 0.29) is 12.0 Å². The smallest absolute Gasteiger partial charge is 0.268 e. The molecule has 3 fully saturated rings. The standard InChI is InChI=1S/C24H21NO3.C19H19NO3/c1-25-23-9-10-24(27-11-12-28-24)20-15-26-21(22(20)23)14-18-13-17(7-8-19(18)23)16-5-3-2-4-6-16;1-14-2-3-17-15(10-14)11-18(17,13-20)5-6-19(22-8-9-23-19)16-4-7-21-12-16/h2-8,13,15,21-22H,9-12,14H2;2-4,7,10,12H,5-6,8-9,11H2,1H3. The maximum absolute atomic E-state index is 9.79. The lowest BCUT2D eigenvalue weighted by atomic mass is 9.59. The Morgan fingerprint density at radius 3 is 2.35 bits per heavy atom. The van der Waals surface area contributed by atoms with Gasteiger partial charge in [-0.3, -0.25) is 0 Å². The molecule has 0 amide bonds. The number of benzene rings is 3. The normalized spacial score (nSPS) is 28.4. The quantitative estimate of drug-likeness (QED) is 0.197. The van der Waals surface area contributed by atoms with E-state index in [1.807, 2.05) is 18.4 Å². The van der Waals surface area contributed by atoms with Crippen molar-refractivity contribution in [2.45, 2.75) is 74.1 Å². The summed E-state index contributed by atoms with van der Waals surface area (Å²) in [6.07, 6.45) is 9.53. The number of hydrogen-bond donors (Lipinski definition) is 0. The third-order valence-electron chi connectivity index (χ3n) is 12.0. The Hall–Kier alpha value is -4.70. The lowest BCUT2D eigenvalue weighted by Gasteiger charge is -2.46. The summed E-state index contributed by atoms with van der Waals surface area (Å²) >= 11 is 0. The van der Waals surface area contributed by atoms with Crippen LogP contribution in [0.5, 0.6) is 0 Å². The fourth-order valence-electron chi connectivity index (χ4n) is 9.49. The Morgan fingerprint density at radius 2 is 1.63 bits per heavy atom. The van der Waals surface area contributed by atoms with Gasteiger partial charge in [-0.05, 0) is 53.6 Å². The average molecular weight is 681 g/mol. The molecular weight excluding hydrogens is 640 g/mol. The second-order valence-electron chi connectivity index (χ2n) is 14.6. The second-order valence-corrected chi connectivity index (χ2v) is 14.6. The van der Waals surface area contributed by atoms with E-state index in [2.05, 4.69) is 78.5 Å². The van der Waals surface area contributed by atoms with Crippen molar-refractivity contribution in [1.29, 1.82) is 5.26 Å². The van der Waals surface area contributed by atoms with Gasteiger partial charge in [0.05, 0.1) is 56.7 Å². The summed E-state index contributed by atoms with van der Waals surface area (Å²) in [4.78, 5) is 4.26. The fraction of sp³-hybridized carbons (Fsp3) is 0.395. The molecule has 258 valence electrons. The van der Waals surface area contributed by atoms with Gasteiger partial charge >= 0.3 is 0 Å². The third-order valence-corrected chi connectivity index (χ3v) is 12.0. The van der Waals surface area contributed by atoms with E-state index in [0.29, 0.717) is 45.7 Å². The number of rotatable bonds is 5. The Bertz CT molecular complexity index is 2070. The second kappa shape index (κ2) is 12.2. The van der Waals surface area contributed by atoms with Gasteiger partial charge in [0.15, 0.2) is 11.6 Å². The number of nitriles is 1. The molecule has 1 saturated carbocycles. The van der Waals surface area contributed by atoms with Crippen LogP contribution in [-0.4, -0.2) is 38.3 Å². The zero-order valence-corrected chi connectivity index (χ0v) is 28.7. The van der Waals surface area contributed by atoms with Gasteiger partial charge in [-0.25, -0.2) is 6.57 Å². The van der Waals surface area contributed by atoms with Crippen LogP contribution in [0, 0.1) is 30.7 Å². The van der Waals surface area contributed by atoms with Crippen molar-refractivity contribution in [2.24, 2.45) is 5.92 Å². The Labute approximate surface area is 298 Å². The van der Waals surface area contributed by atoms with Gasteiger partial charge in [0.2, 0.25) is 0 Å². The molecule has 0 bridgehead atoms. The first-order valence-corrected chi connectivity index (χ1v) is 18.0. The predicted octanol–water partition coefficient (Wildman–Crippen LogP) is 8.05. The maximum Gasteiger partial charge on any atom is 0.268 e. The molecule has 1 aromatic heterocycles. The number of aryl methyl sites for hydroxylation is 1. The molecule has 51 heavy (non-hydrogen) atoms. The molecule has 4 heterocycles. The number of ether oxygens (including phenoxy) is 5. The third kappa shape index (κ3) is 5.00. The van der Waals surface area contributed by atoms with E-state index >= 15 is 0 Å². The lowest BCUT2D eigenvalue weighted by molar-refractivity contribution is -0.173. The van der Waals surface area contributed by atoms with Crippen molar-refractivity contribution in [3.63, 3.8) is 0 Å². The summed E-state index contributed by atoms with van der Waals surface area (Å²) in [7, 11) is 0. The summed E-state index contributed by atoms with van der Waals surface area (Å²) in [6.45, 7) is 12.6. The van der Waals surface area contributed by atoms with Crippen molar-refractivity contribution in [2.75, 3.05) is 26.4 Å². The van der Waals surface area contributed by atoms with Crippen LogP contribution in [0.1, 0.15) is 59.1 Å².